The van der Waals surface area contributed by atoms with E-state index in [0.29, 0.717) is 6.61 Å². The van der Waals surface area contributed by atoms with Crippen LogP contribution in [0.4, 0.5) is 5.69 Å². The molecule has 6 heteroatoms. The van der Waals surface area contributed by atoms with E-state index in [1.165, 1.54) is 25.7 Å². The van der Waals surface area contributed by atoms with Gasteiger partial charge in [0.05, 0.1) is 20.1 Å². The second kappa shape index (κ2) is 12.8. The van der Waals surface area contributed by atoms with Gasteiger partial charge in [0, 0.05) is 11.8 Å². The van der Waals surface area contributed by atoms with Crippen LogP contribution in [0.2, 0.25) is 0 Å². The summed E-state index contributed by atoms with van der Waals surface area (Å²) < 4.78 is 10.9. The molecule has 0 aliphatic carbocycles. The molecule has 1 amide bonds. The Kier molecular flexibility index (Phi) is 10.00. The Labute approximate surface area is 178 Å². The van der Waals surface area contributed by atoms with E-state index in [0.717, 1.165) is 29.2 Å². The first-order chi connectivity index (χ1) is 14.1. The van der Waals surface area contributed by atoms with Gasteiger partial charge in [-0.1, -0.05) is 50.8 Å². The summed E-state index contributed by atoms with van der Waals surface area (Å²) in [6.07, 6.45) is 6.26. The van der Waals surface area contributed by atoms with Gasteiger partial charge >= 0.3 is 0 Å². The molecular formula is C23H30N2O3S. The van der Waals surface area contributed by atoms with Crippen molar-refractivity contribution in [3.05, 3.63) is 54.1 Å². The molecule has 156 valence electrons. The molecule has 2 aromatic rings. The van der Waals surface area contributed by atoms with Crippen molar-refractivity contribution in [2.45, 2.75) is 45.4 Å². The lowest BCUT2D eigenvalue weighted by atomic mass is 10.1. The molecule has 0 unspecified atom stereocenters. The van der Waals surface area contributed by atoms with Crippen LogP contribution in [0.3, 0.4) is 0 Å². The van der Waals surface area contributed by atoms with Crippen LogP contribution in [0.1, 0.15) is 44.6 Å². The highest BCUT2D eigenvalue weighted by atomic mass is 32.1. The van der Waals surface area contributed by atoms with Crippen molar-refractivity contribution in [3.63, 3.8) is 0 Å². The fraction of sp³-hybridized carbons (Fsp3) is 0.391. The maximum absolute atomic E-state index is 12.2. The summed E-state index contributed by atoms with van der Waals surface area (Å²) >= 11 is 5.25. The number of anilines is 1. The SMILES string of the molecule is CCCCCCCOc1cccc(NC(=S)NC(=O)Cc2ccc(OC)cc2)c1. The molecule has 2 rings (SSSR count). The van der Waals surface area contributed by atoms with Gasteiger partial charge < -0.3 is 20.1 Å². The van der Waals surface area contributed by atoms with Gasteiger partial charge in [0.2, 0.25) is 5.91 Å². The number of carbonyl (C=O) groups is 1. The summed E-state index contributed by atoms with van der Waals surface area (Å²) in [6.45, 7) is 2.91. The van der Waals surface area contributed by atoms with Gasteiger partial charge in [-0.3, -0.25) is 4.79 Å². The molecule has 0 aromatic heterocycles. The lowest BCUT2D eigenvalue weighted by molar-refractivity contribution is -0.119. The van der Waals surface area contributed by atoms with Gasteiger partial charge in [-0.15, -0.1) is 0 Å². The Morgan fingerprint density at radius 2 is 1.76 bits per heavy atom. The quantitative estimate of drug-likeness (QED) is 0.396. The van der Waals surface area contributed by atoms with Gasteiger partial charge in [0.25, 0.3) is 0 Å². The lowest BCUT2D eigenvalue weighted by Crippen LogP contribution is -2.35. The molecule has 29 heavy (non-hydrogen) atoms. The van der Waals surface area contributed by atoms with E-state index in [1.807, 2.05) is 48.5 Å². The molecule has 0 atom stereocenters. The predicted octanol–water partition coefficient (Wildman–Crippen LogP) is 5.10. The minimum Gasteiger partial charge on any atom is -0.497 e. The summed E-state index contributed by atoms with van der Waals surface area (Å²) in [5, 5.41) is 6.01. The highest BCUT2D eigenvalue weighted by Gasteiger charge is 2.07. The molecule has 5 nitrogen and oxygen atoms in total. The molecular weight excluding hydrogens is 384 g/mol. The first kappa shape index (κ1) is 22.7. The zero-order valence-corrected chi connectivity index (χ0v) is 18.0. The second-order valence-electron chi connectivity index (χ2n) is 6.82. The first-order valence-electron chi connectivity index (χ1n) is 10.1. The highest BCUT2D eigenvalue weighted by Crippen LogP contribution is 2.18. The average Bonchev–Trinajstić information content (AvgIpc) is 2.71. The van der Waals surface area contributed by atoms with E-state index in [4.69, 9.17) is 21.7 Å². The van der Waals surface area contributed by atoms with Crippen LogP contribution in [0.25, 0.3) is 0 Å². The number of hydrogen-bond donors (Lipinski definition) is 2. The summed E-state index contributed by atoms with van der Waals surface area (Å²) in [7, 11) is 1.61. The number of carbonyl (C=O) groups excluding carboxylic acids is 1. The standard InChI is InChI=1S/C23H30N2O3S/c1-3-4-5-6-7-15-28-21-10-8-9-19(17-21)24-23(29)25-22(26)16-18-11-13-20(27-2)14-12-18/h8-14,17H,3-7,15-16H2,1-2H3,(H2,24,25,26,29). The summed E-state index contributed by atoms with van der Waals surface area (Å²) in [4.78, 5) is 12.2. The van der Waals surface area contributed by atoms with Crippen LogP contribution < -0.4 is 20.1 Å². The average molecular weight is 415 g/mol. The molecule has 0 bridgehead atoms. The molecule has 2 N–H and O–H groups in total. The third-order valence-corrected chi connectivity index (χ3v) is 4.59. The third-order valence-electron chi connectivity index (χ3n) is 4.39. The monoisotopic (exact) mass is 414 g/mol. The Hall–Kier alpha value is -2.60. The molecule has 0 saturated carbocycles. The van der Waals surface area contributed by atoms with Crippen LogP contribution in [0, 0.1) is 0 Å². The fourth-order valence-electron chi connectivity index (χ4n) is 2.82. The van der Waals surface area contributed by atoms with E-state index in [1.54, 1.807) is 7.11 Å². The van der Waals surface area contributed by atoms with Crippen molar-refractivity contribution < 1.29 is 14.3 Å². The Morgan fingerprint density at radius 3 is 2.48 bits per heavy atom. The number of benzene rings is 2. The van der Waals surface area contributed by atoms with E-state index in [2.05, 4.69) is 17.6 Å². The van der Waals surface area contributed by atoms with Crippen molar-refractivity contribution in [2.75, 3.05) is 19.0 Å². The van der Waals surface area contributed by atoms with Gasteiger partial charge in [-0.05, 0) is 48.5 Å². The molecule has 0 spiro atoms. The topological polar surface area (TPSA) is 59.6 Å². The van der Waals surface area contributed by atoms with Crippen LogP contribution in [-0.4, -0.2) is 24.7 Å². The minimum absolute atomic E-state index is 0.174. The third kappa shape index (κ3) is 8.96. The largest absolute Gasteiger partial charge is 0.497 e. The van der Waals surface area contributed by atoms with E-state index < -0.39 is 0 Å². The van der Waals surface area contributed by atoms with Gasteiger partial charge in [-0.2, -0.15) is 0 Å². The minimum atomic E-state index is -0.174. The normalized spacial score (nSPS) is 10.3. The molecule has 0 saturated heterocycles. The van der Waals surface area contributed by atoms with Crippen LogP contribution >= 0.6 is 12.2 Å². The summed E-state index contributed by atoms with van der Waals surface area (Å²) in [5.74, 6) is 1.37. The molecule has 2 aromatic carbocycles. The number of hydrogen-bond acceptors (Lipinski definition) is 4. The molecule has 0 heterocycles. The number of thiocarbonyl (C=S) groups is 1. The highest BCUT2D eigenvalue weighted by molar-refractivity contribution is 7.80. The maximum Gasteiger partial charge on any atom is 0.230 e. The number of rotatable bonds is 11. The van der Waals surface area contributed by atoms with Gasteiger partial charge in [0.1, 0.15) is 11.5 Å². The van der Waals surface area contributed by atoms with Crippen LogP contribution in [-0.2, 0) is 11.2 Å². The van der Waals surface area contributed by atoms with E-state index >= 15 is 0 Å². The van der Waals surface area contributed by atoms with Gasteiger partial charge in [-0.25, -0.2) is 0 Å². The Bertz CT molecular complexity index is 778. The van der Waals surface area contributed by atoms with Crippen LogP contribution in [0.5, 0.6) is 11.5 Å². The van der Waals surface area contributed by atoms with Crippen molar-refractivity contribution in [3.8, 4) is 11.5 Å². The number of nitrogens with one attached hydrogen (secondary N) is 2. The molecule has 0 aliphatic heterocycles. The lowest BCUT2D eigenvalue weighted by Gasteiger charge is -2.12. The van der Waals surface area contributed by atoms with Crippen LogP contribution in [0.15, 0.2) is 48.5 Å². The summed E-state index contributed by atoms with van der Waals surface area (Å²) in [6, 6.07) is 15.0. The zero-order chi connectivity index (χ0) is 20.9. The molecule has 0 radical (unpaired) electrons. The van der Waals surface area contributed by atoms with E-state index in [9.17, 15) is 4.79 Å². The molecule has 0 fully saturated rings. The number of amides is 1. The Balaban J connectivity index is 1.75. The van der Waals surface area contributed by atoms with E-state index in [-0.39, 0.29) is 17.4 Å². The number of unbranched alkanes of at least 4 members (excludes halogenated alkanes) is 4. The maximum atomic E-state index is 12.2. The fourth-order valence-corrected chi connectivity index (χ4v) is 3.05. The van der Waals surface area contributed by atoms with Crippen molar-refractivity contribution >= 4 is 28.9 Å². The first-order valence-corrected chi connectivity index (χ1v) is 10.5. The second-order valence-corrected chi connectivity index (χ2v) is 7.23. The summed E-state index contributed by atoms with van der Waals surface area (Å²) in [5.41, 5.74) is 1.67. The van der Waals surface area contributed by atoms with Crippen molar-refractivity contribution in [1.82, 2.24) is 5.32 Å². The zero-order valence-electron chi connectivity index (χ0n) is 17.2. The van der Waals surface area contributed by atoms with Gasteiger partial charge in [0.15, 0.2) is 5.11 Å². The van der Waals surface area contributed by atoms with Crippen molar-refractivity contribution in [2.24, 2.45) is 0 Å². The van der Waals surface area contributed by atoms with Crippen molar-refractivity contribution in [1.29, 1.82) is 0 Å². The smallest absolute Gasteiger partial charge is 0.230 e. The number of ether oxygens (including phenoxy) is 2. The molecule has 0 aliphatic rings. The Morgan fingerprint density at radius 1 is 1.00 bits per heavy atom. The number of methoxy groups -OCH3 is 1. The predicted molar refractivity (Wildman–Crippen MR) is 122 cm³/mol.